The maximum atomic E-state index is 12.7. The highest BCUT2D eigenvalue weighted by Crippen LogP contribution is 2.23. The molecular weight excluding hydrogens is 320 g/mol. The summed E-state index contributed by atoms with van der Waals surface area (Å²) in [5.41, 5.74) is 5.02. The molecule has 1 unspecified atom stereocenters. The first-order chi connectivity index (χ1) is 12.7. The summed E-state index contributed by atoms with van der Waals surface area (Å²) >= 11 is 0. The molecule has 1 N–H and O–H groups in total. The molecule has 136 valence electrons. The van der Waals surface area contributed by atoms with Crippen molar-refractivity contribution in [2.75, 3.05) is 13.1 Å². The topological polar surface area (TPSA) is 32.3 Å². The Morgan fingerprint density at radius 1 is 0.923 bits per heavy atom. The SMILES string of the molecule is Cc1ccc(C(=O)N2CCC(NC3CCc4ccccc4C3)CC2)cc1. The summed E-state index contributed by atoms with van der Waals surface area (Å²) in [7, 11) is 0. The number of rotatable bonds is 3. The van der Waals surface area contributed by atoms with E-state index in [0.29, 0.717) is 12.1 Å². The van der Waals surface area contributed by atoms with Crippen LogP contribution >= 0.6 is 0 Å². The first-order valence-corrected chi connectivity index (χ1v) is 9.88. The Morgan fingerprint density at radius 2 is 1.62 bits per heavy atom. The van der Waals surface area contributed by atoms with Crippen molar-refractivity contribution >= 4 is 5.91 Å². The van der Waals surface area contributed by atoms with E-state index in [9.17, 15) is 4.79 Å². The number of amides is 1. The quantitative estimate of drug-likeness (QED) is 0.916. The number of carbonyl (C=O) groups is 1. The van der Waals surface area contributed by atoms with Gasteiger partial charge >= 0.3 is 0 Å². The van der Waals surface area contributed by atoms with Gasteiger partial charge in [-0.25, -0.2) is 0 Å². The Labute approximate surface area is 156 Å². The average molecular weight is 348 g/mol. The van der Waals surface area contributed by atoms with Crippen LogP contribution in [0.2, 0.25) is 0 Å². The third kappa shape index (κ3) is 3.83. The van der Waals surface area contributed by atoms with E-state index >= 15 is 0 Å². The van der Waals surface area contributed by atoms with Crippen LogP contribution in [0.1, 0.15) is 46.3 Å². The first-order valence-electron chi connectivity index (χ1n) is 9.88. The highest BCUT2D eigenvalue weighted by molar-refractivity contribution is 5.94. The summed E-state index contributed by atoms with van der Waals surface area (Å²) in [6, 6.07) is 17.9. The Morgan fingerprint density at radius 3 is 2.35 bits per heavy atom. The van der Waals surface area contributed by atoms with Gasteiger partial charge in [0.1, 0.15) is 0 Å². The molecule has 2 aromatic rings. The molecule has 1 amide bonds. The molecule has 4 rings (SSSR count). The summed E-state index contributed by atoms with van der Waals surface area (Å²) in [5.74, 6) is 0.176. The molecule has 0 radical (unpaired) electrons. The van der Waals surface area contributed by atoms with E-state index in [1.807, 2.05) is 29.2 Å². The summed E-state index contributed by atoms with van der Waals surface area (Å²) in [4.78, 5) is 14.7. The van der Waals surface area contributed by atoms with Crippen LogP contribution in [0.25, 0.3) is 0 Å². The zero-order chi connectivity index (χ0) is 17.9. The van der Waals surface area contributed by atoms with E-state index in [4.69, 9.17) is 0 Å². The van der Waals surface area contributed by atoms with E-state index in [0.717, 1.165) is 37.9 Å². The fourth-order valence-electron chi connectivity index (χ4n) is 4.30. The fraction of sp³-hybridized carbons (Fsp3) is 0.435. The number of carbonyl (C=O) groups excluding carboxylic acids is 1. The predicted molar refractivity (Wildman–Crippen MR) is 105 cm³/mol. The van der Waals surface area contributed by atoms with Gasteiger partial charge in [-0.05, 0) is 62.3 Å². The molecule has 2 aromatic carbocycles. The van der Waals surface area contributed by atoms with Crippen LogP contribution in [0.15, 0.2) is 48.5 Å². The van der Waals surface area contributed by atoms with Gasteiger partial charge < -0.3 is 10.2 Å². The molecule has 26 heavy (non-hydrogen) atoms. The minimum atomic E-state index is 0.176. The van der Waals surface area contributed by atoms with Crippen molar-refractivity contribution in [1.82, 2.24) is 10.2 Å². The van der Waals surface area contributed by atoms with Gasteiger partial charge in [0.2, 0.25) is 0 Å². The highest BCUT2D eigenvalue weighted by Gasteiger charge is 2.26. The second-order valence-corrected chi connectivity index (χ2v) is 7.81. The highest BCUT2D eigenvalue weighted by atomic mass is 16.2. The summed E-state index contributed by atoms with van der Waals surface area (Å²) in [5, 5.41) is 3.87. The van der Waals surface area contributed by atoms with E-state index < -0.39 is 0 Å². The van der Waals surface area contributed by atoms with Gasteiger partial charge in [-0.2, -0.15) is 0 Å². The van der Waals surface area contributed by atoms with Gasteiger partial charge in [0.15, 0.2) is 0 Å². The molecule has 3 heteroatoms. The molecule has 1 saturated heterocycles. The van der Waals surface area contributed by atoms with Gasteiger partial charge in [-0.1, -0.05) is 42.0 Å². The number of benzene rings is 2. The molecule has 0 spiro atoms. The van der Waals surface area contributed by atoms with Gasteiger partial charge in [-0.3, -0.25) is 4.79 Å². The second-order valence-electron chi connectivity index (χ2n) is 7.81. The molecule has 0 bridgehead atoms. The number of likely N-dealkylation sites (tertiary alicyclic amines) is 1. The standard InChI is InChI=1S/C23H28N2O/c1-17-6-8-19(9-7-17)23(26)25-14-12-21(13-15-25)24-22-11-10-18-4-2-3-5-20(18)16-22/h2-9,21-22,24H,10-16H2,1H3. The molecule has 1 fully saturated rings. The van der Waals surface area contributed by atoms with Gasteiger partial charge in [-0.15, -0.1) is 0 Å². The molecule has 1 atom stereocenters. The van der Waals surface area contributed by atoms with E-state index in [1.54, 1.807) is 0 Å². The maximum Gasteiger partial charge on any atom is 0.253 e. The smallest absolute Gasteiger partial charge is 0.253 e. The van der Waals surface area contributed by atoms with Crippen molar-refractivity contribution in [2.45, 2.75) is 51.1 Å². The second kappa shape index (κ2) is 7.63. The molecule has 0 aromatic heterocycles. The number of aryl methyl sites for hydroxylation is 2. The van der Waals surface area contributed by atoms with Gasteiger partial charge in [0.25, 0.3) is 5.91 Å². The van der Waals surface area contributed by atoms with Crippen LogP contribution in [0.5, 0.6) is 0 Å². The monoisotopic (exact) mass is 348 g/mol. The van der Waals surface area contributed by atoms with Crippen LogP contribution in [-0.2, 0) is 12.8 Å². The lowest BCUT2D eigenvalue weighted by Crippen LogP contribution is -2.49. The first kappa shape index (κ1) is 17.3. The largest absolute Gasteiger partial charge is 0.339 e. The number of fused-ring (bicyclic) bond motifs is 1. The Balaban J connectivity index is 1.29. The molecule has 1 aliphatic carbocycles. The number of hydrogen-bond donors (Lipinski definition) is 1. The van der Waals surface area contributed by atoms with Crippen molar-refractivity contribution in [3.63, 3.8) is 0 Å². The molecule has 1 heterocycles. The Hall–Kier alpha value is -2.13. The minimum absolute atomic E-state index is 0.176. The van der Waals surface area contributed by atoms with Crippen LogP contribution in [0.3, 0.4) is 0 Å². The van der Waals surface area contributed by atoms with Gasteiger partial charge in [0, 0.05) is 30.7 Å². The third-order valence-corrected chi connectivity index (χ3v) is 5.90. The fourth-order valence-corrected chi connectivity index (χ4v) is 4.30. The van der Waals surface area contributed by atoms with Gasteiger partial charge in [0.05, 0.1) is 0 Å². The number of nitrogens with one attached hydrogen (secondary N) is 1. The summed E-state index contributed by atoms with van der Waals surface area (Å²) < 4.78 is 0. The van der Waals surface area contributed by atoms with Crippen molar-refractivity contribution in [3.05, 3.63) is 70.8 Å². The lowest BCUT2D eigenvalue weighted by molar-refractivity contribution is 0.0701. The summed E-state index contributed by atoms with van der Waals surface area (Å²) in [6.45, 7) is 3.76. The van der Waals surface area contributed by atoms with Crippen LogP contribution in [0.4, 0.5) is 0 Å². The molecule has 1 aliphatic heterocycles. The lowest BCUT2D eigenvalue weighted by atomic mass is 9.87. The zero-order valence-electron chi connectivity index (χ0n) is 15.6. The van der Waals surface area contributed by atoms with Crippen LogP contribution in [0, 0.1) is 6.92 Å². The van der Waals surface area contributed by atoms with E-state index in [2.05, 4.69) is 36.5 Å². The Kier molecular flexibility index (Phi) is 5.07. The molecule has 0 saturated carbocycles. The van der Waals surface area contributed by atoms with Crippen molar-refractivity contribution in [1.29, 1.82) is 0 Å². The van der Waals surface area contributed by atoms with Crippen LogP contribution < -0.4 is 5.32 Å². The van der Waals surface area contributed by atoms with Crippen LogP contribution in [-0.4, -0.2) is 36.0 Å². The molecule has 2 aliphatic rings. The summed E-state index contributed by atoms with van der Waals surface area (Å²) in [6.07, 6.45) is 5.64. The number of hydrogen-bond acceptors (Lipinski definition) is 2. The average Bonchev–Trinajstić information content (AvgIpc) is 2.68. The minimum Gasteiger partial charge on any atom is -0.339 e. The molecular formula is C23H28N2O. The zero-order valence-corrected chi connectivity index (χ0v) is 15.6. The van der Waals surface area contributed by atoms with Crippen molar-refractivity contribution in [2.24, 2.45) is 0 Å². The Bertz CT molecular complexity index is 760. The normalized spacial score (nSPS) is 20.7. The maximum absolute atomic E-state index is 12.7. The number of nitrogens with zero attached hydrogens (tertiary/aromatic N) is 1. The number of piperidine rings is 1. The third-order valence-electron chi connectivity index (χ3n) is 5.90. The molecule has 3 nitrogen and oxygen atoms in total. The van der Waals surface area contributed by atoms with Crippen molar-refractivity contribution < 1.29 is 4.79 Å². The predicted octanol–water partition coefficient (Wildman–Crippen LogP) is 3.75. The van der Waals surface area contributed by atoms with E-state index in [1.165, 1.54) is 29.5 Å². The lowest BCUT2D eigenvalue weighted by Gasteiger charge is -2.36. The van der Waals surface area contributed by atoms with E-state index in [-0.39, 0.29) is 5.91 Å². The van der Waals surface area contributed by atoms with Crippen molar-refractivity contribution in [3.8, 4) is 0 Å².